The molecule has 0 bridgehead atoms. The summed E-state index contributed by atoms with van der Waals surface area (Å²) in [5, 5.41) is 0. The van der Waals surface area contributed by atoms with Crippen molar-refractivity contribution < 1.29 is 13.2 Å². The second-order valence-corrected chi connectivity index (χ2v) is 4.47. The molecule has 0 atom stereocenters. The maximum atomic E-state index is 11.9. The molecule has 0 aromatic rings. The van der Waals surface area contributed by atoms with Gasteiger partial charge in [-0.1, -0.05) is 0 Å². The summed E-state index contributed by atoms with van der Waals surface area (Å²) < 4.78 is 35.7. The van der Waals surface area contributed by atoms with E-state index in [2.05, 4.69) is 4.90 Å². The molecule has 0 unspecified atom stereocenters. The van der Waals surface area contributed by atoms with Gasteiger partial charge >= 0.3 is 6.18 Å². The largest absolute Gasteiger partial charge is 0.389 e. The molecule has 5 heteroatoms. The Hall–Kier alpha value is 0.0400. The van der Waals surface area contributed by atoms with Gasteiger partial charge in [0.05, 0.1) is 0 Å². The lowest BCUT2D eigenvalue weighted by Crippen LogP contribution is -2.35. The topological polar surface area (TPSA) is 3.24 Å². The number of rotatable bonds is 4. The van der Waals surface area contributed by atoms with E-state index in [-0.39, 0.29) is 6.42 Å². The van der Waals surface area contributed by atoms with Gasteiger partial charge in [0, 0.05) is 12.3 Å². The highest BCUT2D eigenvalue weighted by Crippen LogP contribution is 2.23. The Kier molecular flexibility index (Phi) is 5.19. The van der Waals surface area contributed by atoms with Crippen LogP contribution in [0.4, 0.5) is 13.2 Å². The van der Waals surface area contributed by atoms with Crippen LogP contribution in [0.5, 0.6) is 0 Å². The first-order chi connectivity index (χ1) is 7.01. The Morgan fingerprint density at radius 1 is 1.20 bits per heavy atom. The minimum absolute atomic E-state index is 0.217. The van der Waals surface area contributed by atoms with Crippen molar-refractivity contribution >= 4 is 11.6 Å². The highest BCUT2D eigenvalue weighted by atomic mass is 35.5. The molecule has 0 aliphatic carbocycles. The molecule has 1 saturated heterocycles. The molecule has 1 aliphatic heterocycles. The van der Waals surface area contributed by atoms with Crippen LogP contribution in [-0.4, -0.2) is 36.6 Å². The Labute approximate surface area is 93.6 Å². The van der Waals surface area contributed by atoms with Crippen LogP contribution in [0.15, 0.2) is 0 Å². The standard InChI is InChI=1S/C10H17ClF3N/c11-8-9-2-6-15(7-3-9)5-1-4-10(12,13)14/h9H,1-8H2. The number of alkyl halides is 4. The van der Waals surface area contributed by atoms with Crippen LogP contribution in [0, 0.1) is 5.92 Å². The van der Waals surface area contributed by atoms with Gasteiger partial charge in [-0.25, -0.2) is 0 Å². The third kappa shape index (κ3) is 5.61. The molecule has 0 radical (unpaired) electrons. The number of piperidine rings is 1. The Morgan fingerprint density at radius 2 is 1.80 bits per heavy atom. The molecular formula is C10H17ClF3N. The first-order valence-corrected chi connectivity index (χ1v) is 5.90. The molecule has 1 nitrogen and oxygen atoms in total. The Balaban J connectivity index is 2.09. The third-order valence-corrected chi connectivity index (χ3v) is 3.30. The molecule has 0 aromatic carbocycles. The summed E-state index contributed by atoms with van der Waals surface area (Å²) in [4.78, 5) is 2.11. The molecule has 1 aliphatic rings. The zero-order chi connectivity index (χ0) is 11.3. The predicted octanol–water partition coefficient (Wildman–Crippen LogP) is 3.28. The van der Waals surface area contributed by atoms with Crippen LogP contribution in [0.2, 0.25) is 0 Å². The number of likely N-dealkylation sites (tertiary alicyclic amines) is 1. The quantitative estimate of drug-likeness (QED) is 0.685. The number of halogens is 4. The SMILES string of the molecule is FC(F)(F)CCCN1CCC(CCl)CC1. The summed E-state index contributed by atoms with van der Waals surface area (Å²) in [6.45, 7) is 2.36. The highest BCUT2D eigenvalue weighted by Gasteiger charge is 2.27. The summed E-state index contributed by atoms with van der Waals surface area (Å²) in [6.07, 6.45) is -2.41. The highest BCUT2D eigenvalue weighted by molar-refractivity contribution is 6.18. The minimum atomic E-state index is -4.01. The summed E-state index contributed by atoms with van der Waals surface area (Å²) in [7, 11) is 0. The molecule has 15 heavy (non-hydrogen) atoms. The number of hydrogen-bond acceptors (Lipinski definition) is 1. The molecular weight excluding hydrogens is 227 g/mol. The van der Waals surface area contributed by atoms with Gasteiger partial charge in [-0.05, 0) is 44.8 Å². The van der Waals surface area contributed by atoms with Crippen LogP contribution >= 0.6 is 11.6 Å². The van der Waals surface area contributed by atoms with E-state index in [9.17, 15) is 13.2 Å². The van der Waals surface area contributed by atoms with Crippen molar-refractivity contribution in [3.8, 4) is 0 Å². The molecule has 0 aromatic heterocycles. The Morgan fingerprint density at radius 3 is 2.27 bits per heavy atom. The van der Waals surface area contributed by atoms with Crippen molar-refractivity contribution in [2.45, 2.75) is 31.9 Å². The lowest BCUT2D eigenvalue weighted by Gasteiger charge is -2.30. The Bertz CT molecular complexity index is 176. The second kappa shape index (κ2) is 5.94. The first-order valence-electron chi connectivity index (χ1n) is 5.36. The molecule has 0 spiro atoms. The molecule has 0 amide bonds. The van der Waals surface area contributed by atoms with Crippen LogP contribution in [0.3, 0.4) is 0 Å². The molecule has 1 rings (SSSR count). The van der Waals surface area contributed by atoms with Crippen LogP contribution in [0.1, 0.15) is 25.7 Å². The normalized spacial score (nSPS) is 20.8. The lowest BCUT2D eigenvalue weighted by molar-refractivity contribution is -0.136. The molecule has 0 saturated carbocycles. The van der Waals surface area contributed by atoms with E-state index in [0.717, 1.165) is 25.9 Å². The van der Waals surface area contributed by atoms with Gasteiger partial charge in [0.1, 0.15) is 0 Å². The average Bonchev–Trinajstić information content (AvgIpc) is 2.17. The van der Waals surface area contributed by atoms with E-state index in [1.807, 2.05) is 0 Å². The smallest absolute Gasteiger partial charge is 0.303 e. The molecule has 1 heterocycles. The summed E-state index contributed by atoms with van der Waals surface area (Å²) in [5.74, 6) is 1.24. The van der Waals surface area contributed by atoms with Gasteiger partial charge in [0.2, 0.25) is 0 Å². The fraction of sp³-hybridized carbons (Fsp3) is 1.00. The van der Waals surface area contributed by atoms with Gasteiger partial charge in [0.25, 0.3) is 0 Å². The molecule has 1 fully saturated rings. The lowest BCUT2D eigenvalue weighted by atomic mass is 9.99. The molecule has 0 N–H and O–H groups in total. The zero-order valence-electron chi connectivity index (χ0n) is 8.69. The van der Waals surface area contributed by atoms with Crippen LogP contribution in [-0.2, 0) is 0 Å². The molecule has 90 valence electrons. The predicted molar refractivity (Wildman–Crippen MR) is 55.2 cm³/mol. The van der Waals surface area contributed by atoms with E-state index in [1.165, 1.54) is 0 Å². The summed E-state index contributed by atoms with van der Waals surface area (Å²) >= 11 is 5.72. The second-order valence-electron chi connectivity index (χ2n) is 4.16. The van der Waals surface area contributed by atoms with Crippen molar-refractivity contribution in [1.82, 2.24) is 4.90 Å². The van der Waals surface area contributed by atoms with Crippen LogP contribution < -0.4 is 0 Å². The number of hydrogen-bond donors (Lipinski definition) is 0. The van der Waals surface area contributed by atoms with Gasteiger partial charge in [0.15, 0.2) is 0 Å². The summed E-state index contributed by atoms with van der Waals surface area (Å²) in [6, 6.07) is 0. The number of nitrogens with zero attached hydrogens (tertiary/aromatic N) is 1. The van der Waals surface area contributed by atoms with Crippen molar-refractivity contribution in [3.63, 3.8) is 0 Å². The maximum absolute atomic E-state index is 11.9. The van der Waals surface area contributed by atoms with Crippen molar-refractivity contribution in [3.05, 3.63) is 0 Å². The van der Waals surface area contributed by atoms with Crippen molar-refractivity contribution in [2.75, 3.05) is 25.5 Å². The van der Waals surface area contributed by atoms with Gasteiger partial charge in [-0.15, -0.1) is 11.6 Å². The maximum Gasteiger partial charge on any atom is 0.389 e. The van der Waals surface area contributed by atoms with Crippen molar-refractivity contribution in [1.29, 1.82) is 0 Å². The third-order valence-electron chi connectivity index (χ3n) is 2.86. The first kappa shape index (κ1) is 13.1. The van der Waals surface area contributed by atoms with Crippen LogP contribution in [0.25, 0.3) is 0 Å². The van der Waals surface area contributed by atoms with Gasteiger partial charge < -0.3 is 4.90 Å². The fourth-order valence-electron chi connectivity index (χ4n) is 1.87. The van der Waals surface area contributed by atoms with E-state index >= 15 is 0 Å². The van der Waals surface area contributed by atoms with Gasteiger partial charge in [-0.3, -0.25) is 0 Å². The zero-order valence-corrected chi connectivity index (χ0v) is 9.45. The monoisotopic (exact) mass is 243 g/mol. The fourth-order valence-corrected chi connectivity index (χ4v) is 2.18. The van der Waals surface area contributed by atoms with E-state index in [4.69, 9.17) is 11.6 Å². The van der Waals surface area contributed by atoms with E-state index in [1.54, 1.807) is 0 Å². The van der Waals surface area contributed by atoms with E-state index < -0.39 is 12.6 Å². The van der Waals surface area contributed by atoms with Gasteiger partial charge in [-0.2, -0.15) is 13.2 Å². The van der Waals surface area contributed by atoms with Crippen molar-refractivity contribution in [2.24, 2.45) is 5.92 Å². The minimum Gasteiger partial charge on any atom is -0.303 e. The van der Waals surface area contributed by atoms with E-state index in [0.29, 0.717) is 18.3 Å². The summed E-state index contributed by atoms with van der Waals surface area (Å²) in [5.41, 5.74) is 0. The average molecular weight is 244 g/mol.